The fraction of sp³-hybridized carbons (Fsp3) is 0.950. The standard InChI is InChI=1S/C40H66O12/c1-20(16-24(43)33(47)36(6,7)48)23-10-15-40-19-39(23,40)14-11-26-37(8)13-12-28(50-22(3)42)35(4,5)27(37)17-29(38(26,40)9)52-34-32(46)31(45)30(44)25(51-34)18-49-21(2)41/h20,23-34,43-48H,10-19H2,1-9H3/t20-,23-,24-,25+,26+,27-,28+,29+,30+,31-,32+,33-,34-,37+,38-,39+,40+/m0/s1. The van der Waals surface area contributed by atoms with Gasteiger partial charge in [0.2, 0.25) is 0 Å². The minimum Gasteiger partial charge on any atom is -0.463 e. The van der Waals surface area contributed by atoms with E-state index in [1.165, 1.54) is 27.7 Å². The van der Waals surface area contributed by atoms with Gasteiger partial charge in [-0.25, -0.2) is 0 Å². The lowest BCUT2D eigenvalue weighted by molar-refractivity contribution is -0.344. The van der Waals surface area contributed by atoms with E-state index in [2.05, 4.69) is 34.6 Å². The molecule has 0 aromatic rings. The zero-order valence-electron chi connectivity index (χ0n) is 32.7. The molecule has 12 heteroatoms. The first-order valence-electron chi connectivity index (χ1n) is 19.7. The quantitative estimate of drug-likeness (QED) is 0.142. The normalized spacial score (nSPS) is 48.2. The number of carbonyl (C=O) groups excluding carboxylic acids is 2. The van der Waals surface area contributed by atoms with Gasteiger partial charge in [0, 0.05) is 24.7 Å². The van der Waals surface area contributed by atoms with E-state index >= 15 is 0 Å². The van der Waals surface area contributed by atoms with Crippen LogP contribution in [-0.4, -0.2) is 110 Å². The Hall–Kier alpha value is -1.38. The summed E-state index contributed by atoms with van der Waals surface area (Å²) in [5, 5.41) is 65.2. The molecule has 0 radical (unpaired) electrons. The average Bonchev–Trinajstić information content (AvgIpc) is 3.61. The van der Waals surface area contributed by atoms with Crippen molar-refractivity contribution in [2.75, 3.05) is 6.61 Å². The zero-order chi connectivity index (χ0) is 38.6. The Labute approximate surface area is 308 Å². The SMILES string of the molecule is CC(=O)OC[C@H]1O[C@@H](O[C@@H]2C[C@H]3C(C)(C)[C@H](OC(C)=O)CC[C@]3(C)[C@H]3CC[C@]45C[C@]4(CC[C@H]5[C@@H](C)C[C@H](O)[C@H](O)C(C)(C)O)[C@@]32C)[C@H](O)[C@@H](O)[C@@H]1O. The van der Waals surface area contributed by atoms with Crippen LogP contribution in [0, 0.1) is 50.7 Å². The van der Waals surface area contributed by atoms with Gasteiger partial charge in [0.25, 0.3) is 0 Å². The smallest absolute Gasteiger partial charge is 0.302 e. The molecule has 5 saturated carbocycles. The van der Waals surface area contributed by atoms with Crippen molar-refractivity contribution in [2.45, 2.75) is 181 Å². The maximum atomic E-state index is 12.3. The molecule has 17 atom stereocenters. The van der Waals surface area contributed by atoms with Crippen LogP contribution >= 0.6 is 0 Å². The first-order valence-corrected chi connectivity index (χ1v) is 19.7. The molecule has 0 spiro atoms. The highest BCUT2D eigenvalue weighted by Gasteiger charge is 2.85. The molecule has 1 heterocycles. The van der Waals surface area contributed by atoms with Crippen molar-refractivity contribution in [3.8, 4) is 0 Å². The number of hydrogen-bond donors (Lipinski definition) is 6. The van der Waals surface area contributed by atoms with E-state index < -0.39 is 60.6 Å². The summed E-state index contributed by atoms with van der Waals surface area (Å²) in [7, 11) is 0. The maximum absolute atomic E-state index is 12.3. The topological polar surface area (TPSA) is 192 Å². The number of aliphatic hydroxyl groups excluding tert-OH is 5. The highest BCUT2D eigenvalue weighted by Crippen LogP contribution is 2.91. The zero-order valence-corrected chi connectivity index (χ0v) is 32.7. The second kappa shape index (κ2) is 13.4. The van der Waals surface area contributed by atoms with Gasteiger partial charge in [-0.05, 0) is 112 Å². The number of fused-ring (bicyclic) bond motifs is 3. The van der Waals surface area contributed by atoms with Gasteiger partial charge < -0.3 is 49.6 Å². The van der Waals surface area contributed by atoms with Crippen molar-refractivity contribution >= 4 is 11.9 Å². The van der Waals surface area contributed by atoms with E-state index in [0.29, 0.717) is 18.8 Å². The number of ether oxygens (including phenoxy) is 4. The molecule has 6 fully saturated rings. The summed E-state index contributed by atoms with van der Waals surface area (Å²) in [5.41, 5.74) is -2.38. The second-order valence-electron chi connectivity index (χ2n) is 19.5. The van der Waals surface area contributed by atoms with E-state index in [4.69, 9.17) is 18.9 Å². The van der Waals surface area contributed by atoms with Crippen molar-refractivity contribution in [3.05, 3.63) is 0 Å². The summed E-state index contributed by atoms with van der Waals surface area (Å²) in [6, 6.07) is 0. The molecule has 6 aliphatic rings. The summed E-state index contributed by atoms with van der Waals surface area (Å²) in [5.74, 6) is -0.142. The fourth-order valence-electron chi connectivity index (χ4n) is 13.7. The summed E-state index contributed by atoms with van der Waals surface area (Å²) < 4.78 is 24.3. The van der Waals surface area contributed by atoms with Gasteiger partial charge in [0.1, 0.15) is 43.2 Å². The minimum absolute atomic E-state index is 0.00590. The van der Waals surface area contributed by atoms with E-state index in [1.54, 1.807) is 0 Å². The van der Waals surface area contributed by atoms with Gasteiger partial charge in [-0.1, -0.05) is 34.6 Å². The molecule has 6 N–H and O–H groups in total. The highest BCUT2D eigenvalue weighted by atomic mass is 16.7. The third-order valence-electron chi connectivity index (χ3n) is 16.2. The number of esters is 2. The third kappa shape index (κ3) is 5.99. The van der Waals surface area contributed by atoms with Crippen LogP contribution in [0.25, 0.3) is 0 Å². The van der Waals surface area contributed by atoms with Crippen molar-refractivity contribution in [1.29, 1.82) is 0 Å². The van der Waals surface area contributed by atoms with E-state index in [9.17, 15) is 40.2 Å². The van der Waals surface area contributed by atoms with Crippen LogP contribution in [0.2, 0.25) is 0 Å². The minimum atomic E-state index is -1.58. The number of hydrogen-bond acceptors (Lipinski definition) is 12. The summed E-state index contributed by atoms with van der Waals surface area (Å²) in [4.78, 5) is 23.9. The van der Waals surface area contributed by atoms with Crippen LogP contribution in [0.15, 0.2) is 0 Å². The first-order chi connectivity index (χ1) is 24.0. The molecule has 1 saturated heterocycles. The number of aliphatic hydroxyl groups is 6. The Morgan fingerprint density at radius 1 is 0.885 bits per heavy atom. The summed E-state index contributed by atoms with van der Waals surface area (Å²) in [6.45, 7) is 16.7. The van der Waals surface area contributed by atoms with Crippen molar-refractivity contribution in [2.24, 2.45) is 50.7 Å². The average molecular weight is 739 g/mol. The molecule has 5 aliphatic carbocycles. The van der Waals surface area contributed by atoms with Gasteiger partial charge in [0.15, 0.2) is 6.29 Å². The van der Waals surface area contributed by atoms with Crippen LogP contribution in [0.1, 0.15) is 120 Å². The lowest BCUT2D eigenvalue weighted by atomic mass is 9.37. The van der Waals surface area contributed by atoms with Crippen molar-refractivity contribution in [1.82, 2.24) is 0 Å². The Kier molecular flexibility index (Phi) is 10.4. The van der Waals surface area contributed by atoms with Gasteiger partial charge in [-0.2, -0.15) is 0 Å². The van der Waals surface area contributed by atoms with Crippen LogP contribution in [0.5, 0.6) is 0 Å². The first kappa shape index (κ1) is 40.3. The fourth-order valence-corrected chi connectivity index (χ4v) is 13.7. The molecule has 6 rings (SSSR count). The molecular weight excluding hydrogens is 672 g/mol. The van der Waals surface area contributed by atoms with Crippen molar-refractivity contribution in [3.63, 3.8) is 0 Å². The maximum Gasteiger partial charge on any atom is 0.302 e. The molecule has 0 unspecified atom stereocenters. The lowest BCUT2D eigenvalue weighted by Crippen LogP contribution is -2.68. The largest absolute Gasteiger partial charge is 0.463 e. The van der Waals surface area contributed by atoms with Crippen molar-refractivity contribution < 1.29 is 59.2 Å². The summed E-state index contributed by atoms with van der Waals surface area (Å²) >= 11 is 0. The molecule has 0 aromatic carbocycles. The van der Waals surface area contributed by atoms with Gasteiger partial charge in [-0.3, -0.25) is 9.59 Å². The molecular formula is C40H66O12. The second-order valence-corrected chi connectivity index (χ2v) is 19.5. The molecule has 0 amide bonds. The van der Waals surface area contributed by atoms with Crippen LogP contribution in [0.4, 0.5) is 0 Å². The Morgan fingerprint density at radius 3 is 2.17 bits per heavy atom. The number of rotatable bonds is 10. The molecule has 12 nitrogen and oxygen atoms in total. The predicted octanol–water partition coefficient (Wildman–Crippen LogP) is 3.24. The van der Waals surface area contributed by atoms with E-state index in [-0.39, 0.29) is 63.5 Å². The van der Waals surface area contributed by atoms with E-state index in [0.717, 1.165) is 44.9 Å². The number of carbonyl (C=O) groups is 2. The van der Waals surface area contributed by atoms with Crippen LogP contribution < -0.4 is 0 Å². The summed E-state index contributed by atoms with van der Waals surface area (Å²) in [6.07, 6.45) is -2.40. The van der Waals surface area contributed by atoms with E-state index in [1.807, 2.05) is 0 Å². The Balaban J connectivity index is 1.36. The predicted molar refractivity (Wildman–Crippen MR) is 188 cm³/mol. The van der Waals surface area contributed by atoms with Crippen LogP contribution in [0.3, 0.4) is 0 Å². The Morgan fingerprint density at radius 2 is 1.56 bits per heavy atom. The molecule has 298 valence electrons. The van der Waals surface area contributed by atoms with Gasteiger partial charge in [0.05, 0.1) is 17.8 Å². The lowest BCUT2D eigenvalue weighted by Gasteiger charge is -2.69. The molecule has 1 aliphatic heterocycles. The molecule has 52 heavy (non-hydrogen) atoms. The molecule has 0 bridgehead atoms. The third-order valence-corrected chi connectivity index (χ3v) is 16.2. The van der Waals surface area contributed by atoms with Gasteiger partial charge in [-0.15, -0.1) is 0 Å². The van der Waals surface area contributed by atoms with Crippen LogP contribution in [-0.2, 0) is 28.5 Å². The monoisotopic (exact) mass is 738 g/mol. The molecule has 0 aromatic heterocycles. The van der Waals surface area contributed by atoms with Gasteiger partial charge >= 0.3 is 11.9 Å². The Bertz CT molecular complexity index is 1360. The highest BCUT2D eigenvalue weighted by molar-refractivity contribution is 5.66.